The predicted octanol–water partition coefficient (Wildman–Crippen LogP) is 2.23. The molecule has 0 unspecified atom stereocenters. The molecule has 8 nitrogen and oxygen atoms in total. The highest BCUT2D eigenvalue weighted by Crippen LogP contribution is 2.29. The lowest BCUT2D eigenvalue weighted by Crippen LogP contribution is -2.13. The Bertz CT molecular complexity index is 670. The average Bonchev–Trinajstić information content (AvgIpc) is 2.85. The van der Waals surface area contributed by atoms with Gasteiger partial charge in [-0.2, -0.15) is 5.10 Å². The summed E-state index contributed by atoms with van der Waals surface area (Å²) in [4.78, 5) is 22.0. The fourth-order valence-electron chi connectivity index (χ4n) is 1.51. The summed E-state index contributed by atoms with van der Waals surface area (Å²) in [6, 6.07) is 3.84. The van der Waals surface area contributed by atoms with Gasteiger partial charge in [0.05, 0.1) is 35.0 Å². The van der Waals surface area contributed by atoms with Crippen molar-refractivity contribution < 1.29 is 14.5 Å². The normalized spacial score (nSPS) is 10.1. The van der Waals surface area contributed by atoms with E-state index in [-0.39, 0.29) is 27.8 Å². The van der Waals surface area contributed by atoms with Gasteiger partial charge in [-0.05, 0) is 6.07 Å². The fourth-order valence-corrected chi connectivity index (χ4v) is 1.69. The van der Waals surface area contributed by atoms with Crippen LogP contribution in [0.15, 0.2) is 24.4 Å². The number of hydrogen-bond acceptors (Lipinski definition) is 5. The Morgan fingerprint density at radius 2 is 2.30 bits per heavy atom. The molecule has 1 heterocycles. The number of hydrogen-bond donors (Lipinski definition) is 2. The zero-order chi connectivity index (χ0) is 14.7. The summed E-state index contributed by atoms with van der Waals surface area (Å²) in [6.45, 7) is 0. The van der Waals surface area contributed by atoms with E-state index in [9.17, 15) is 14.9 Å². The van der Waals surface area contributed by atoms with Crippen molar-refractivity contribution in [3.05, 3.63) is 45.2 Å². The van der Waals surface area contributed by atoms with Gasteiger partial charge in [-0.1, -0.05) is 11.6 Å². The Balaban J connectivity index is 2.27. The SMILES string of the molecule is COc1cc([N+](=O)[O-])ccc1NC(=O)c1[nH]ncc1Cl. The van der Waals surface area contributed by atoms with Gasteiger partial charge in [0.1, 0.15) is 11.4 Å². The van der Waals surface area contributed by atoms with Crippen LogP contribution in [0.5, 0.6) is 5.75 Å². The molecule has 0 radical (unpaired) electrons. The monoisotopic (exact) mass is 296 g/mol. The Kier molecular flexibility index (Phi) is 3.85. The van der Waals surface area contributed by atoms with Crippen LogP contribution >= 0.6 is 11.6 Å². The van der Waals surface area contributed by atoms with Crippen LogP contribution in [0.2, 0.25) is 5.02 Å². The molecule has 0 fully saturated rings. The van der Waals surface area contributed by atoms with Crippen molar-refractivity contribution in [2.24, 2.45) is 0 Å². The summed E-state index contributed by atoms with van der Waals surface area (Å²) in [7, 11) is 1.35. The van der Waals surface area contributed by atoms with Crippen LogP contribution in [-0.4, -0.2) is 28.1 Å². The number of ether oxygens (including phenoxy) is 1. The van der Waals surface area contributed by atoms with Crippen LogP contribution in [-0.2, 0) is 0 Å². The first-order valence-corrected chi connectivity index (χ1v) is 5.73. The van der Waals surface area contributed by atoms with Crippen molar-refractivity contribution in [3.63, 3.8) is 0 Å². The Labute approximate surface area is 117 Å². The van der Waals surface area contributed by atoms with Crippen LogP contribution in [0.4, 0.5) is 11.4 Å². The van der Waals surface area contributed by atoms with E-state index in [2.05, 4.69) is 15.5 Å². The summed E-state index contributed by atoms with van der Waals surface area (Å²) >= 11 is 5.77. The zero-order valence-electron chi connectivity index (χ0n) is 10.2. The van der Waals surface area contributed by atoms with Crippen LogP contribution in [0.25, 0.3) is 0 Å². The molecule has 0 atom stereocenters. The van der Waals surface area contributed by atoms with E-state index in [0.29, 0.717) is 0 Å². The molecular weight excluding hydrogens is 288 g/mol. The number of aromatic nitrogens is 2. The molecule has 1 amide bonds. The number of rotatable bonds is 4. The topological polar surface area (TPSA) is 110 Å². The standard InChI is InChI=1S/C11H9ClN4O4/c1-20-9-4-6(16(18)19)2-3-8(9)14-11(17)10-7(12)5-13-15-10/h2-5H,1H3,(H,13,15)(H,14,17). The van der Waals surface area contributed by atoms with Crippen LogP contribution in [0.3, 0.4) is 0 Å². The number of nitrogens with one attached hydrogen (secondary N) is 2. The van der Waals surface area contributed by atoms with Gasteiger partial charge in [0.15, 0.2) is 0 Å². The quantitative estimate of drug-likeness (QED) is 0.664. The van der Waals surface area contributed by atoms with Gasteiger partial charge in [0, 0.05) is 6.07 Å². The largest absolute Gasteiger partial charge is 0.494 e. The van der Waals surface area contributed by atoms with Gasteiger partial charge in [-0.25, -0.2) is 0 Å². The molecular formula is C11H9ClN4O4. The highest BCUT2D eigenvalue weighted by Gasteiger charge is 2.16. The minimum absolute atomic E-state index is 0.0899. The molecule has 2 rings (SSSR count). The summed E-state index contributed by atoms with van der Waals surface area (Å²) in [6.07, 6.45) is 1.30. The maximum absolute atomic E-state index is 11.9. The number of nitro benzene ring substituents is 1. The third-order valence-electron chi connectivity index (χ3n) is 2.46. The Morgan fingerprint density at radius 3 is 2.85 bits per heavy atom. The molecule has 104 valence electrons. The molecule has 0 aliphatic heterocycles. The zero-order valence-corrected chi connectivity index (χ0v) is 11.0. The minimum Gasteiger partial charge on any atom is -0.494 e. The average molecular weight is 297 g/mol. The lowest BCUT2D eigenvalue weighted by Gasteiger charge is -2.09. The number of H-pyrrole nitrogens is 1. The van der Waals surface area contributed by atoms with Gasteiger partial charge in [0.25, 0.3) is 11.6 Å². The third-order valence-corrected chi connectivity index (χ3v) is 2.75. The molecule has 0 aliphatic carbocycles. The first-order valence-electron chi connectivity index (χ1n) is 5.35. The highest BCUT2D eigenvalue weighted by molar-refractivity contribution is 6.34. The lowest BCUT2D eigenvalue weighted by atomic mass is 10.2. The summed E-state index contributed by atoms with van der Waals surface area (Å²) in [5.41, 5.74) is 0.236. The van der Waals surface area contributed by atoms with E-state index in [0.717, 1.165) is 0 Å². The molecule has 0 spiro atoms. The van der Waals surface area contributed by atoms with Crippen molar-refractivity contribution in [1.82, 2.24) is 10.2 Å². The second kappa shape index (κ2) is 5.57. The second-order valence-electron chi connectivity index (χ2n) is 3.69. The first-order chi connectivity index (χ1) is 9.52. The molecule has 0 saturated carbocycles. The predicted molar refractivity (Wildman–Crippen MR) is 71.2 cm³/mol. The number of halogens is 1. The van der Waals surface area contributed by atoms with E-state index in [1.807, 2.05) is 0 Å². The van der Waals surface area contributed by atoms with Gasteiger partial charge in [-0.15, -0.1) is 0 Å². The number of non-ortho nitro benzene ring substituents is 1. The van der Waals surface area contributed by atoms with E-state index in [1.54, 1.807) is 0 Å². The van der Waals surface area contributed by atoms with Gasteiger partial charge < -0.3 is 10.1 Å². The number of methoxy groups -OCH3 is 1. The van der Waals surface area contributed by atoms with Crippen LogP contribution in [0, 0.1) is 10.1 Å². The maximum atomic E-state index is 11.9. The fraction of sp³-hybridized carbons (Fsp3) is 0.0909. The molecule has 0 aliphatic rings. The number of carbonyl (C=O) groups is 1. The summed E-state index contributed by atoms with van der Waals surface area (Å²) in [5.74, 6) is -0.358. The van der Waals surface area contributed by atoms with E-state index >= 15 is 0 Å². The molecule has 9 heteroatoms. The maximum Gasteiger partial charge on any atom is 0.275 e. The van der Waals surface area contributed by atoms with Crippen molar-refractivity contribution in [3.8, 4) is 5.75 Å². The molecule has 0 bridgehead atoms. The minimum atomic E-state index is -0.556. The van der Waals surface area contributed by atoms with Gasteiger partial charge >= 0.3 is 0 Å². The highest BCUT2D eigenvalue weighted by atomic mass is 35.5. The van der Waals surface area contributed by atoms with Crippen molar-refractivity contribution in [2.75, 3.05) is 12.4 Å². The van der Waals surface area contributed by atoms with Crippen molar-refractivity contribution in [1.29, 1.82) is 0 Å². The number of anilines is 1. The Hall–Kier alpha value is -2.61. The molecule has 1 aromatic heterocycles. The van der Waals surface area contributed by atoms with Crippen LogP contribution < -0.4 is 10.1 Å². The van der Waals surface area contributed by atoms with E-state index < -0.39 is 10.8 Å². The molecule has 1 aromatic carbocycles. The smallest absolute Gasteiger partial charge is 0.275 e. The Morgan fingerprint density at radius 1 is 1.55 bits per heavy atom. The van der Waals surface area contributed by atoms with Gasteiger partial charge in [-0.3, -0.25) is 20.0 Å². The summed E-state index contributed by atoms with van der Waals surface area (Å²) < 4.78 is 5.01. The van der Waals surface area contributed by atoms with Crippen molar-refractivity contribution in [2.45, 2.75) is 0 Å². The van der Waals surface area contributed by atoms with E-state index in [4.69, 9.17) is 16.3 Å². The number of aromatic amines is 1. The van der Waals surface area contributed by atoms with Gasteiger partial charge in [0.2, 0.25) is 0 Å². The molecule has 20 heavy (non-hydrogen) atoms. The van der Waals surface area contributed by atoms with Crippen molar-refractivity contribution >= 4 is 28.9 Å². The molecule has 2 N–H and O–H groups in total. The number of benzene rings is 1. The molecule has 0 saturated heterocycles. The number of nitro groups is 1. The summed E-state index contributed by atoms with van der Waals surface area (Å²) in [5, 5.41) is 19.4. The number of carbonyl (C=O) groups excluding carboxylic acids is 1. The number of amides is 1. The number of nitrogens with zero attached hydrogens (tertiary/aromatic N) is 2. The van der Waals surface area contributed by atoms with E-state index in [1.165, 1.54) is 31.5 Å². The lowest BCUT2D eigenvalue weighted by molar-refractivity contribution is -0.384. The second-order valence-corrected chi connectivity index (χ2v) is 4.10. The molecule has 2 aromatic rings. The first kappa shape index (κ1) is 13.8. The van der Waals surface area contributed by atoms with Crippen LogP contribution in [0.1, 0.15) is 10.5 Å². The third kappa shape index (κ3) is 2.69.